The Labute approximate surface area is 184 Å². The first-order chi connectivity index (χ1) is 15.7. The molecule has 0 bridgehead atoms. The molecule has 3 amide bonds. The van der Waals surface area contributed by atoms with Gasteiger partial charge in [-0.25, -0.2) is 9.78 Å². The average molecular weight is 429 g/mol. The number of imidazole rings is 1. The molecular formula is C24H23N5O3. The summed E-state index contributed by atoms with van der Waals surface area (Å²) in [5.74, 6) is 0.286. The molecule has 32 heavy (non-hydrogen) atoms. The molecule has 5 rings (SSSR count). The summed E-state index contributed by atoms with van der Waals surface area (Å²) in [6, 6.07) is 13.1. The number of carbonyl (C=O) groups excluding carboxylic acids is 2. The first kappa shape index (κ1) is 19.9. The maximum atomic E-state index is 12.5. The van der Waals surface area contributed by atoms with Gasteiger partial charge in [0.1, 0.15) is 11.9 Å². The molecule has 0 radical (unpaired) electrons. The second-order valence-corrected chi connectivity index (χ2v) is 7.91. The van der Waals surface area contributed by atoms with E-state index in [1.165, 1.54) is 12.5 Å². The van der Waals surface area contributed by atoms with Gasteiger partial charge in [0.2, 0.25) is 0 Å². The Hall–Kier alpha value is -4.07. The third-order valence-corrected chi connectivity index (χ3v) is 5.80. The van der Waals surface area contributed by atoms with Gasteiger partial charge in [-0.3, -0.25) is 4.79 Å². The van der Waals surface area contributed by atoms with Crippen molar-refractivity contribution < 1.29 is 14.0 Å². The maximum Gasteiger partial charge on any atom is 0.319 e. The van der Waals surface area contributed by atoms with Gasteiger partial charge >= 0.3 is 6.03 Å². The highest BCUT2D eigenvalue weighted by Gasteiger charge is 2.28. The van der Waals surface area contributed by atoms with Crippen molar-refractivity contribution in [3.8, 4) is 0 Å². The molecule has 2 N–H and O–H groups in total. The SMILES string of the molecule is O=C(NCc1ccn2ccnc2c1)Nc1ccc([C@@H]2CCN(C(=O)c3ccoc3)C2)cc1. The van der Waals surface area contributed by atoms with E-state index in [0.717, 1.165) is 35.4 Å². The van der Waals surface area contributed by atoms with Gasteiger partial charge in [-0.1, -0.05) is 12.1 Å². The number of urea groups is 1. The standard InChI is InChI=1S/C24H23N5O3/c30-23(20-7-12-32-16-20)29-10-6-19(15-29)18-1-3-21(4-2-18)27-24(31)26-14-17-5-9-28-11-8-25-22(28)13-17/h1-5,7-9,11-13,16,19H,6,10,14-15H2,(H2,26,27,31)/t19-/m1/s1. The van der Waals surface area contributed by atoms with Crippen LogP contribution in [0.2, 0.25) is 0 Å². The zero-order chi connectivity index (χ0) is 21.9. The predicted molar refractivity (Wildman–Crippen MR) is 119 cm³/mol. The van der Waals surface area contributed by atoms with Crippen LogP contribution in [0.15, 0.2) is 78.0 Å². The molecule has 3 aromatic heterocycles. The van der Waals surface area contributed by atoms with Crippen LogP contribution in [-0.2, 0) is 6.54 Å². The molecule has 1 fully saturated rings. The Balaban J connectivity index is 1.13. The molecule has 4 aromatic rings. The van der Waals surface area contributed by atoms with Crippen molar-refractivity contribution in [1.82, 2.24) is 19.6 Å². The maximum absolute atomic E-state index is 12.5. The number of fused-ring (bicyclic) bond motifs is 1. The number of anilines is 1. The number of rotatable bonds is 5. The van der Waals surface area contributed by atoms with Gasteiger partial charge in [0.05, 0.1) is 11.8 Å². The fraction of sp³-hybridized carbons (Fsp3) is 0.208. The van der Waals surface area contributed by atoms with E-state index in [1.807, 2.05) is 58.1 Å². The number of furan rings is 1. The van der Waals surface area contributed by atoms with Crippen LogP contribution in [0.4, 0.5) is 10.5 Å². The fourth-order valence-corrected chi connectivity index (χ4v) is 4.04. The number of nitrogens with zero attached hydrogens (tertiary/aromatic N) is 3. The Kier molecular flexibility index (Phi) is 5.33. The van der Waals surface area contributed by atoms with Crippen molar-refractivity contribution in [2.45, 2.75) is 18.9 Å². The van der Waals surface area contributed by atoms with Crippen LogP contribution in [0.5, 0.6) is 0 Å². The molecule has 0 spiro atoms. The lowest BCUT2D eigenvalue weighted by Crippen LogP contribution is -2.28. The molecule has 0 aliphatic carbocycles. The van der Waals surface area contributed by atoms with Crippen molar-refractivity contribution in [2.75, 3.05) is 18.4 Å². The smallest absolute Gasteiger partial charge is 0.319 e. The Bertz CT molecular complexity index is 1230. The van der Waals surface area contributed by atoms with E-state index in [4.69, 9.17) is 4.42 Å². The van der Waals surface area contributed by atoms with E-state index in [0.29, 0.717) is 18.7 Å². The summed E-state index contributed by atoms with van der Waals surface area (Å²) in [6.07, 6.45) is 9.45. The highest BCUT2D eigenvalue weighted by Crippen LogP contribution is 2.29. The van der Waals surface area contributed by atoms with Crippen LogP contribution in [0.25, 0.3) is 5.65 Å². The summed E-state index contributed by atoms with van der Waals surface area (Å²) < 4.78 is 6.94. The second kappa shape index (κ2) is 8.58. The Morgan fingerprint density at radius 2 is 2.00 bits per heavy atom. The number of nitrogens with one attached hydrogen (secondary N) is 2. The van der Waals surface area contributed by atoms with Gasteiger partial charge in [0, 0.05) is 49.8 Å². The molecule has 1 saturated heterocycles. The number of hydrogen-bond donors (Lipinski definition) is 2. The molecule has 1 atom stereocenters. The number of aromatic nitrogens is 2. The van der Waals surface area contributed by atoms with Gasteiger partial charge in [-0.2, -0.15) is 0 Å². The minimum Gasteiger partial charge on any atom is -0.472 e. The fourth-order valence-electron chi connectivity index (χ4n) is 4.04. The first-order valence-electron chi connectivity index (χ1n) is 10.5. The van der Waals surface area contributed by atoms with Crippen LogP contribution in [0.3, 0.4) is 0 Å². The molecule has 1 aromatic carbocycles. The van der Waals surface area contributed by atoms with Crippen LogP contribution in [0, 0.1) is 0 Å². The molecule has 8 nitrogen and oxygen atoms in total. The van der Waals surface area contributed by atoms with Crippen LogP contribution in [0.1, 0.15) is 33.8 Å². The van der Waals surface area contributed by atoms with Crippen LogP contribution < -0.4 is 10.6 Å². The number of pyridine rings is 1. The molecule has 162 valence electrons. The van der Waals surface area contributed by atoms with Gasteiger partial charge in [0.25, 0.3) is 5.91 Å². The highest BCUT2D eigenvalue weighted by molar-refractivity contribution is 5.94. The number of amides is 3. The lowest BCUT2D eigenvalue weighted by atomic mass is 9.98. The lowest BCUT2D eigenvalue weighted by Gasteiger charge is -2.16. The van der Waals surface area contributed by atoms with Crippen molar-refractivity contribution >= 4 is 23.3 Å². The highest BCUT2D eigenvalue weighted by atomic mass is 16.3. The average Bonchev–Trinajstić information content (AvgIpc) is 3.59. The third-order valence-electron chi connectivity index (χ3n) is 5.80. The zero-order valence-corrected chi connectivity index (χ0v) is 17.4. The molecule has 4 heterocycles. The molecule has 0 saturated carbocycles. The summed E-state index contributed by atoms with van der Waals surface area (Å²) >= 11 is 0. The Morgan fingerprint density at radius 1 is 1.12 bits per heavy atom. The molecule has 1 aliphatic heterocycles. The van der Waals surface area contributed by atoms with Gasteiger partial charge in [0.15, 0.2) is 0 Å². The lowest BCUT2D eigenvalue weighted by molar-refractivity contribution is 0.0790. The summed E-state index contributed by atoms with van der Waals surface area (Å²) in [5.41, 5.74) is 4.29. The summed E-state index contributed by atoms with van der Waals surface area (Å²) in [4.78, 5) is 30.9. The van der Waals surface area contributed by atoms with E-state index in [-0.39, 0.29) is 17.9 Å². The predicted octanol–water partition coefficient (Wildman–Crippen LogP) is 3.88. The first-order valence-corrected chi connectivity index (χ1v) is 10.5. The minimum absolute atomic E-state index is 0.00288. The monoisotopic (exact) mass is 429 g/mol. The molecule has 0 unspecified atom stereocenters. The van der Waals surface area contributed by atoms with Gasteiger partial charge < -0.3 is 24.4 Å². The van der Waals surface area contributed by atoms with Crippen molar-refractivity contribution in [3.05, 3.63) is 90.3 Å². The van der Waals surface area contributed by atoms with Gasteiger partial charge in [-0.05, 0) is 47.9 Å². The van der Waals surface area contributed by atoms with E-state index in [2.05, 4.69) is 15.6 Å². The normalized spacial score (nSPS) is 15.8. The van der Waals surface area contributed by atoms with E-state index < -0.39 is 0 Å². The zero-order valence-electron chi connectivity index (χ0n) is 17.4. The quantitative estimate of drug-likeness (QED) is 0.504. The van der Waals surface area contributed by atoms with Crippen molar-refractivity contribution in [3.63, 3.8) is 0 Å². The summed E-state index contributed by atoms with van der Waals surface area (Å²) in [6.45, 7) is 1.82. The summed E-state index contributed by atoms with van der Waals surface area (Å²) in [5, 5.41) is 5.73. The number of likely N-dealkylation sites (tertiary alicyclic amines) is 1. The second-order valence-electron chi connectivity index (χ2n) is 7.91. The Morgan fingerprint density at radius 3 is 2.81 bits per heavy atom. The molecule has 8 heteroatoms. The van der Waals surface area contributed by atoms with Gasteiger partial charge in [-0.15, -0.1) is 0 Å². The number of carbonyl (C=O) groups is 2. The largest absolute Gasteiger partial charge is 0.472 e. The van der Waals surface area contributed by atoms with E-state index >= 15 is 0 Å². The van der Waals surface area contributed by atoms with E-state index in [1.54, 1.807) is 12.3 Å². The van der Waals surface area contributed by atoms with E-state index in [9.17, 15) is 9.59 Å². The number of benzene rings is 1. The molecule has 1 aliphatic rings. The molecular weight excluding hydrogens is 406 g/mol. The third kappa shape index (κ3) is 4.20. The van der Waals surface area contributed by atoms with Crippen LogP contribution >= 0.6 is 0 Å². The van der Waals surface area contributed by atoms with Crippen molar-refractivity contribution in [2.24, 2.45) is 0 Å². The summed E-state index contributed by atoms with van der Waals surface area (Å²) in [7, 11) is 0. The van der Waals surface area contributed by atoms with Crippen molar-refractivity contribution in [1.29, 1.82) is 0 Å². The van der Waals surface area contributed by atoms with Crippen LogP contribution in [-0.4, -0.2) is 39.3 Å². The topological polar surface area (TPSA) is 91.9 Å². The minimum atomic E-state index is -0.265. The number of hydrogen-bond acceptors (Lipinski definition) is 4.